The first kappa shape index (κ1) is 15.5. The van der Waals surface area contributed by atoms with Crippen LogP contribution < -0.4 is 5.32 Å². The van der Waals surface area contributed by atoms with Crippen LogP contribution in [-0.2, 0) is 9.53 Å². The second kappa shape index (κ2) is 6.29. The molecule has 0 aromatic carbocycles. The molecule has 0 saturated heterocycles. The maximum absolute atomic E-state index is 12.1. The van der Waals surface area contributed by atoms with E-state index in [1.54, 1.807) is 13.0 Å². The summed E-state index contributed by atoms with van der Waals surface area (Å²) in [4.78, 5) is 24.6. The Labute approximate surface area is 137 Å². The minimum absolute atomic E-state index is 0.0586. The maximum Gasteiger partial charge on any atom is 0.332 e. The van der Waals surface area contributed by atoms with Crippen LogP contribution in [0.2, 0.25) is 0 Å². The highest BCUT2D eigenvalue weighted by molar-refractivity contribution is 9.13. The lowest BCUT2D eigenvalue weighted by molar-refractivity contribution is -0.145. The first-order valence-corrected chi connectivity index (χ1v) is 8.23. The molecule has 0 radical (unpaired) electrons. The Kier molecular flexibility index (Phi) is 4.89. The number of halogens is 2. The zero-order chi connectivity index (χ0) is 14.8. The van der Waals surface area contributed by atoms with Gasteiger partial charge >= 0.3 is 5.97 Å². The Hall–Kier alpha value is -0.840. The van der Waals surface area contributed by atoms with Crippen LogP contribution in [0.1, 0.15) is 29.4 Å². The fraction of sp³-hybridized carbons (Fsp3) is 0.385. The van der Waals surface area contributed by atoms with Crippen LogP contribution in [0.25, 0.3) is 0 Å². The Balaban J connectivity index is 1.99. The van der Waals surface area contributed by atoms with Crippen molar-refractivity contribution in [1.29, 1.82) is 0 Å². The van der Waals surface area contributed by atoms with E-state index in [0.29, 0.717) is 17.7 Å². The highest BCUT2D eigenvalue weighted by Gasteiger charge is 2.53. The summed E-state index contributed by atoms with van der Waals surface area (Å²) >= 11 is 7.97. The molecule has 0 bridgehead atoms. The van der Waals surface area contributed by atoms with E-state index in [9.17, 15) is 9.59 Å². The molecular formula is C13H11Br2NO3S. The summed E-state index contributed by atoms with van der Waals surface area (Å²) in [5, 5.41) is 2.76. The van der Waals surface area contributed by atoms with E-state index in [2.05, 4.69) is 49.0 Å². The molecule has 1 aliphatic carbocycles. The van der Waals surface area contributed by atoms with Crippen LogP contribution in [0.3, 0.4) is 0 Å². The third-order valence-corrected chi connectivity index (χ3v) is 6.07. The van der Waals surface area contributed by atoms with Crippen molar-refractivity contribution in [3.8, 4) is 11.8 Å². The summed E-state index contributed by atoms with van der Waals surface area (Å²) in [6, 6.07) is 1.72. The molecule has 1 aliphatic rings. The topological polar surface area (TPSA) is 55.4 Å². The molecule has 1 heterocycles. The fourth-order valence-corrected chi connectivity index (χ4v) is 3.49. The molecule has 0 atom stereocenters. The van der Waals surface area contributed by atoms with Crippen molar-refractivity contribution in [3.05, 3.63) is 19.2 Å². The van der Waals surface area contributed by atoms with E-state index in [1.165, 1.54) is 11.3 Å². The van der Waals surface area contributed by atoms with Gasteiger partial charge in [-0.2, -0.15) is 0 Å². The summed E-state index contributed by atoms with van der Waals surface area (Å²) in [5.74, 6) is 4.63. The van der Waals surface area contributed by atoms with Gasteiger partial charge in [0.2, 0.25) is 0 Å². The number of hydrogen-bond acceptors (Lipinski definition) is 4. The van der Waals surface area contributed by atoms with Crippen molar-refractivity contribution in [2.75, 3.05) is 6.61 Å². The van der Waals surface area contributed by atoms with Crippen LogP contribution >= 0.6 is 43.2 Å². The average Bonchev–Trinajstić information content (AvgIpc) is 3.11. The van der Waals surface area contributed by atoms with Gasteiger partial charge in [0.25, 0.3) is 5.91 Å². The van der Waals surface area contributed by atoms with Crippen molar-refractivity contribution in [3.63, 3.8) is 0 Å². The molecule has 0 spiro atoms. The Morgan fingerprint density at radius 2 is 2.20 bits per heavy atom. The second-order valence-electron chi connectivity index (χ2n) is 4.27. The Morgan fingerprint density at radius 3 is 2.70 bits per heavy atom. The monoisotopic (exact) mass is 419 g/mol. The molecule has 1 saturated carbocycles. The number of carbonyl (C=O) groups is 2. The first-order chi connectivity index (χ1) is 9.48. The van der Waals surface area contributed by atoms with E-state index >= 15 is 0 Å². The molecule has 106 valence electrons. The molecule has 0 aliphatic heterocycles. The number of hydrogen-bond donors (Lipinski definition) is 1. The number of amides is 1. The van der Waals surface area contributed by atoms with Crippen molar-refractivity contribution in [2.45, 2.75) is 25.3 Å². The van der Waals surface area contributed by atoms with Gasteiger partial charge in [0.1, 0.15) is 5.54 Å². The van der Waals surface area contributed by atoms with E-state index < -0.39 is 11.5 Å². The molecule has 1 aromatic rings. The van der Waals surface area contributed by atoms with Crippen molar-refractivity contribution < 1.29 is 14.3 Å². The van der Waals surface area contributed by atoms with Gasteiger partial charge in [-0.05, 0) is 57.7 Å². The average molecular weight is 421 g/mol. The third kappa shape index (κ3) is 3.43. The highest BCUT2D eigenvalue weighted by atomic mass is 79.9. The summed E-state index contributed by atoms with van der Waals surface area (Å²) in [6.45, 7) is 1.73. The van der Waals surface area contributed by atoms with E-state index in [4.69, 9.17) is 4.74 Å². The standard InChI is InChI=1S/C13H11Br2NO3S/c1-2-3-6-19-12(18)13(4-5-13)16-11(17)9-7-8(14)10(15)20-9/h7H,4-6H2,1H3,(H,16,17). The Morgan fingerprint density at radius 1 is 1.50 bits per heavy atom. The number of carbonyl (C=O) groups excluding carboxylic acids is 2. The van der Waals surface area contributed by atoms with Crippen molar-refractivity contribution >= 4 is 55.1 Å². The van der Waals surface area contributed by atoms with Gasteiger partial charge in [-0.15, -0.1) is 17.3 Å². The summed E-state index contributed by atoms with van der Waals surface area (Å²) in [5.41, 5.74) is -0.866. The number of esters is 1. The molecule has 0 unspecified atom stereocenters. The molecule has 1 amide bonds. The highest BCUT2D eigenvalue weighted by Crippen LogP contribution is 2.38. The van der Waals surface area contributed by atoms with E-state index in [0.717, 1.165) is 8.26 Å². The Bertz CT molecular complexity index is 591. The van der Waals surface area contributed by atoms with Gasteiger partial charge in [-0.25, -0.2) is 4.79 Å². The quantitative estimate of drug-likeness (QED) is 0.601. The number of rotatable bonds is 4. The molecule has 1 aromatic heterocycles. The smallest absolute Gasteiger partial charge is 0.332 e. The maximum atomic E-state index is 12.1. The third-order valence-electron chi connectivity index (χ3n) is 2.81. The van der Waals surface area contributed by atoms with Gasteiger partial charge in [0.05, 0.1) is 8.66 Å². The van der Waals surface area contributed by atoms with E-state index in [-0.39, 0.29) is 12.5 Å². The lowest BCUT2D eigenvalue weighted by atomic mass is 10.2. The summed E-state index contributed by atoms with van der Waals surface area (Å²) < 4.78 is 6.69. The first-order valence-electron chi connectivity index (χ1n) is 5.83. The lowest BCUT2D eigenvalue weighted by Crippen LogP contribution is -2.44. The van der Waals surface area contributed by atoms with Crippen LogP contribution in [0.5, 0.6) is 0 Å². The van der Waals surface area contributed by atoms with Crippen LogP contribution in [0.15, 0.2) is 14.3 Å². The number of thiophene rings is 1. The lowest BCUT2D eigenvalue weighted by Gasteiger charge is -2.14. The molecule has 20 heavy (non-hydrogen) atoms. The molecule has 7 heteroatoms. The molecule has 4 nitrogen and oxygen atoms in total. The van der Waals surface area contributed by atoms with Gasteiger partial charge in [-0.1, -0.05) is 5.92 Å². The SMILES string of the molecule is CC#CCOC(=O)C1(NC(=O)c2cc(Br)c(Br)s2)CC1. The van der Waals surface area contributed by atoms with E-state index in [1.807, 2.05) is 0 Å². The van der Waals surface area contributed by atoms with Crippen LogP contribution in [-0.4, -0.2) is 24.0 Å². The second-order valence-corrected chi connectivity index (χ2v) is 7.50. The van der Waals surface area contributed by atoms with Gasteiger partial charge in [0, 0.05) is 4.47 Å². The normalized spacial score (nSPS) is 14.9. The summed E-state index contributed by atoms with van der Waals surface area (Å²) in [6.07, 6.45) is 1.20. The fourth-order valence-electron chi connectivity index (χ4n) is 1.55. The molecular weight excluding hydrogens is 410 g/mol. The van der Waals surface area contributed by atoms with Gasteiger partial charge in [-0.3, -0.25) is 4.79 Å². The molecule has 2 rings (SSSR count). The van der Waals surface area contributed by atoms with Crippen LogP contribution in [0.4, 0.5) is 0 Å². The molecule has 1 fully saturated rings. The van der Waals surface area contributed by atoms with Crippen molar-refractivity contribution in [2.24, 2.45) is 0 Å². The zero-order valence-electron chi connectivity index (χ0n) is 10.6. The summed E-state index contributed by atoms with van der Waals surface area (Å²) in [7, 11) is 0. The number of nitrogens with one attached hydrogen (secondary N) is 1. The van der Waals surface area contributed by atoms with Crippen LogP contribution in [0, 0.1) is 11.8 Å². The van der Waals surface area contributed by atoms with Gasteiger partial charge < -0.3 is 10.1 Å². The predicted molar refractivity (Wildman–Crippen MR) is 83.6 cm³/mol. The minimum atomic E-state index is -0.866. The van der Waals surface area contributed by atoms with Gasteiger partial charge in [0.15, 0.2) is 6.61 Å². The minimum Gasteiger partial charge on any atom is -0.451 e. The molecule has 1 N–H and O–H groups in total. The number of ether oxygens (including phenoxy) is 1. The predicted octanol–water partition coefficient (Wildman–Crippen LogP) is 3.10. The largest absolute Gasteiger partial charge is 0.451 e. The zero-order valence-corrected chi connectivity index (χ0v) is 14.6. The van der Waals surface area contributed by atoms with Crippen molar-refractivity contribution in [1.82, 2.24) is 5.32 Å².